The highest BCUT2D eigenvalue weighted by atomic mass is 32.2. The first-order chi connectivity index (χ1) is 11.7. The van der Waals surface area contributed by atoms with Gasteiger partial charge in [0.2, 0.25) is 5.13 Å². The van der Waals surface area contributed by atoms with Crippen LogP contribution in [0.5, 0.6) is 0 Å². The summed E-state index contributed by atoms with van der Waals surface area (Å²) in [5, 5.41) is 23.8. The summed E-state index contributed by atoms with van der Waals surface area (Å²) in [4.78, 5) is 0. The first-order valence-corrected chi connectivity index (χ1v) is 9.28. The van der Waals surface area contributed by atoms with E-state index in [0.29, 0.717) is 10.9 Å². The molecule has 126 valence electrons. The van der Waals surface area contributed by atoms with Crippen LogP contribution in [-0.2, 0) is 12.3 Å². The number of hydrogen-bond acceptors (Lipinski definition) is 8. The molecule has 0 atom stereocenters. The van der Waals surface area contributed by atoms with Gasteiger partial charge < -0.3 is 5.32 Å². The molecule has 0 saturated heterocycles. The van der Waals surface area contributed by atoms with Crippen molar-refractivity contribution >= 4 is 33.9 Å². The molecule has 3 aromatic rings. The predicted molar refractivity (Wildman–Crippen MR) is 91.9 cm³/mol. The number of rotatable bonds is 8. The summed E-state index contributed by atoms with van der Waals surface area (Å²) in [6, 6.07) is 6.11. The van der Waals surface area contributed by atoms with Crippen molar-refractivity contribution in [2.24, 2.45) is 0 Å². The zero-order chi connectivity index (χ0) is 16.8. The Labute approximate surface area is 146 Å². The lowest BCUT2D eigenvalue weighted by Crippen LogP contribution is -2.04. The highest BCUT2D eigenvalue weighted by molar-refractivity contribution is 8.00. The Kier molecular flexibility index (Phi) is 5.70. The lowest BCUT2D eigenvalue weighted by molar-refractivity contribution is 0.540. The average Bonchev–Trinajstić information content (AvgIpc) is 3.22. The second kappa shape index (κ2) is 8.15. The molecule has 24 heavy (non-hydrogen) atoms. The molecule has 0 aliphatic rings. The fourth-order valence-electron chi connectivity index (χ4n) is 1.91. The summed E-state index contributed by atoms with van der Waals surface area (Å²) in [6.45, 7) is 2.96. The molecule has 1 aromatic carbocycles. The highest BCUT2D eigenvalue weighted by Crippen LogP contribution is 2.29. The van der Waals surface area contributed by atoms with Gasteiger partial charge in [-0.3, -0.25) is 0 Å². The van der Waals surface area contributed by atoms with E-state index in [2.05, 4.69) is 38.0 Å². The third kappa shape index (κ3) is 4.48. The van der Waals surface area contributed by atoms with Crippen LogP contribution in [-0.4, -0.2) is 30.4 Å². The van der Waals surface area contributed by atoms with Crippen LogP contribution in [0.1, 0.15) is 25.6 Å². The Hall–Kier alpha value is -2.07. The van der Waals surface area contributed by atoms with Crippen LogP contribution in [0.25, 0.3) is 0 Å². The van der Waals surface area contributed by atoms with Gasteiger partial charge in [0.1, 0.15) is 5.82 Å². The zero-order valence-corrected chi connectivity index (χ0v) is 14.6. The average molecular weight is 365 g/mol. The maximum atomic E-state index is 12.9. The molecule has 0 saturated carbocycles. The van der Waals surface area contributed by atoms with E-state index in [1.165, 1.54) is 23.5 Å². The normalized spacial score (nSPS) is 10.9. The fourth-order valence-corrected chi connectivity index (χ4v) is 3.61. The molecule has 0 bridgehead atoms. The molecule has 0 unspecified atom stereocenters. The minimum Gasteiger partial charge on any atom is -0.330 e. The Morgan fingerprint density at radius 1 is 1.21 bits per heavy atom. The van der Waals surface area contributed by atoms with Crippen molar-refractivity contribution in [3.63, 3.8) is 0 Å². The molecule has 0 aliphatic carbocycles. The van der Waals surface area contributed by atoms with Gasteiger partial charge in [-0.2, -0.15) is 0 Å². The third-order valence-electron chi connectivity index (χ3n) is 3.16. The van der Waals surface area contributed by atoms with Gasteiger partial charge in [-0.15, -0.1) is 15.3 Å². The SMILES string of the molecule is CCCCn1nnnc1CSc1nnc(Nc2ccc(F)cc2)s1. The number of thioether (sulfide) groups is 1. The number of aryl methyl sites for hydroxylation is 1. The number of aromatic nitrogens is 6. The summed E-state index contributed by atoms with van der Waals surface area (Å²) in [6.07, 6.45) is 2.15. The van der Waals surface area contributed by atoms with E-state index in [1.54, 1.807) is 23.9 Å². The largest absolute Gasteiger partial charge is 0.330 e. The van der Waals surface area contributed by atoms with E-state index in [9.17, 15) is 4.39 Å². The van der Waals surface area contributed by atoms with E-state index < -0.39 is 0 Å². The van der Waals surface area contributed by atoms with Gasteiger partial charge in [0, 0.05) is 12.2 Å². The molecular formula is C14H16FN7S2. The van der Waals surface area contributed by atoms with Gasteiger partial charge in [0.05, 0.1) is 5.75 Å². The number of tetrazole rings is 1. The molecular weight excluding hydrogens is 349 g/mol. The Balaban J connectivity index is 1.56. The second-order valence-electron chi connectivity index (χ2n) is 4.97. The van der Waals surface area contributed by atoms with Crippen molar-refractivity contribution in [2.45, 2.75) is 36.4 Å². The maximum Gasteiger partial charge on any atom is 0.210 e. The van der Waals surface area contributed by atoms with Crippen molar-refractivity contribution in [1.82, 2.24) is 30.4 Å². The second-order valence-corrected chi connectivity index (χ2v) is 7.17. The molecule has 0 amide bonds. The van der Waals surface area contributed by atoms with Crippen molar-refractivity contribution in [1.29, 1.82) is 0 Å². The quantitative estimate of drug-likeness (QED) is 0.612. The molecule has 2 heterocycles. The van der Waals surface area contributed by atoms with Crippen LogP contribution in [0.2, 0.25) is 0 Å². The number of nitrogens with one attached hydrogen (secondary N) is 1. The van der Waals surface area contributed by atoms with E-state index in [4.69, 9.17) is 0 Å². The predicted octanol–water partition coefficient (Wildman–Crippen LogP) is 3.50. The fraction of sp³-hybridized carbons (Fsp3) is 0.357. The van der Waals surface area contributed by atoms with E-state index >= 15 is 0 Å². The molecule has 0 radical (unpaired) electrons. The van der Waals surface area contributed by atoms with Gasteiger partial charge in [-0.25, -0.2) is 9.07 Å². The minimum absolute atomic E-state index is 0.269. The monoisotopic (exact) mass is 365 g/mol. The number of benzene rings is 1. The summed E-state index contributed by atoms with van der Waals surface area (Å²) in [5.41, 5.74) is 0.771. The molecule has 7 nitrogen and oxygen atoms in total. The van der Waals surface area contributed by atoms with Gasteiger partial charge in [-0.1, -0.05) is 36.4 Å². The molecule has 0 spiro atoms. The maximum absolute atomic E-state index is 12.9. The van der Waals surface area contributed by atoms with Crippen molar-refractivity contribution in [3.05, 3.63) is 35.9 Å². The molecule has 3 rings (SSSR count). The summed E-state index contributed by atoms with van der Waals surface area (Å²) in [7, 11) is 0. The van der Waals surface area contributed by atoms with Crippen molar-refractivity contribution < 1.29 is 4.39 Å². The highest BCUT2D eigenvalue weighted by Gasteiger charge is 2.10. The molecule has 0 fully saturated rings. The number of halogens is 1. The number of unbranched alkanes of at least 4 members (excludes halogenated alkanes) is 1. The standard InChI is InChI=1S/C14H16FN7S2/c1-2-3-8-22-12(17-20-21-22)9-23-14-19-18-13(24-14)16-11-6-4-10(15)5-7-11/h4-7H,2-3,8-9H2,1H3,(H,16,18). The van der Waals surface area contributed by atoms with Gasteiger partial charge in [0.25, 0.3) is 0 Å². The van der Waals surface area contributed by atoms with Crippen LogP contribution in [0.4, 0.5) is 15.2 Å². The first kappa shape index (κ1) is 16.8. The van der Waals surface area contributed by atoms with Gasteiger partial charge >= 0.3 is 0 Å². The minimum atomic E-state index is -0.269. The van der Waals surface area contributed by atoms with Crippen LogP contribution in [0.15, 0.2) is 28.6 Å². The number of anilines is 2. The molecule has 10 heteroatoms. The Morgan fingerprint density at radius 2 is 2.04 bits per heavy atom. The number of nitrogens with zero attached hydrogens (tertiary/aromatic N) is 6. The first-order valence-electron chi connectivity index (χ1n) is 7.48. The van der Waals surface area contributed by atoms with Crippen LogP contribution in [0.3, 0.4) is 0 Å². The van der Waals surface area contributed by atoms with Crippen LogP contribution >= 0.6 is 23.1 Å². The van der Waals surface area contributed by atoms with Crippen molar-refractivity contribution in [3.8, 4) is 0 Å². The summed E-state index contributed by atoms with van der Waals surface area (Å²) >= 11 is 2.98. The zero-order valence-electron chi connectivity index (χ0n) is 13.0. The van der Waals surface area contributed by atoms with Crippen LogP contribution in [0, 0.1) is 5.82 Å². The Bertz CT molecular complexity index is 772. The van der Waals surface area contributed by atoms with Crippen molar-refractivity contribution in [2.75, 3.05) is 5.32 Å². The van der Waals surface area contributed by atoms with E-state index in [1.807, 2.05) is 4.68 Å². The van der Waals surface area contributed by atoms with Gasteiger partial charge in [-0.05, 0) is 41.1 Å². The summed E-state index contributed by atoms with van der Waals surface area (Å²) in [5.74, 6) is 1.20. The van der Waals surface area contributed by atoms with Crippen LogP contribution < -0.4 is 5.32 Å². The summed E-state index contributed by atoms with van der Waals surface area (Å²) < 4.78 is 15.6. The lowest BCUT2D eigenvalue weighted by atomic mass is 10.3. The Morgan fingerprint density at radius 3 is 2.83 bits per heavy atom. The number of hydrogen-bond donors (Lipinski definition) is 1. The molecule has 1 N–H and O–H groups in total. The smallest absolute Gasteiger partial charge is 0.210 e. The molecule has 2 aromatic heterocycles. The van der Waals surface area contributed by atoms with Gasteiger partial charge in [0.15, 0.2) is 10.2 Å². The lowest BCUT2D eigenvalue weighted by Gasteiger charge is -2.01. The topological polar surface area (TPSA) is 81.4 Å². The third-order valence-corrected chi connectivity index (χ3v) is 5.12. The van der Waals surface area contributed by atoms with E-state index in [0.717, 1.165) is 35.2 Å². The molecule has 0 aliphatic heterocycles. The van der Waals surface area contributed by atoms with E-state index in [-0.39, 0.29) is 5.82 Å².